The van der Waals surface area contributed by atoms with Crippen molar-refractivity contribution >= 4 is 23.0 Å². The Morgan fingerprint density at radius 2 is 2.24 bits per heavy atom. The van der Waals surface area contributed by atoms with Gasteiger partial charge in [-0.15, -0.1) is 5.10 Å². The van der Waals surface area contributed by atoms with E-state index in [4.69, 9.17) is 0 Å². The Bertz CT molecular complexity index is 775. The first kappa shape index (κ1) is 13.6. The van der Waals surface area contributed by atoms with Crippen LogP contribution in [0.4, 0.5) is 11.6 Å². The van der Waals surface area contributed by atoms with Crippen LogP contribution in [0.3, 0.4) is 0 Å². The van der Waals surface area contributed by atoms with Gasteiger partial charge in [0.15, 0.2) is 0 Å². The largest absolute Gasteiger partial charge is 0.322 e. The van der Waals surface area contributed by atoms with E-state index in [-0.39, 0.29) is 5.56 Å². The maximum atomic E-state index is 11.7. The van der Waals surface area contributed by atoms with Crippen LogP contribution in [0, 0.1) is 0 Å². The first-order valence-electron chi connectivity index (χ1n) is 6.68. The average molecular weight is 301 g/mol. The molecule has 0 saturated carbocycles. The van der Waals surface area contributed by atoms with Gasteiger partial charge < -0.3 is 9.88 Å². The fourth-order valence-corrected chi connectivity index (χ4v) is 2.57. The Kier molecular flexibility index (Phi) is 3.83. The van der Waals surface area contributed by atoms with Crippen molar-refractivity contribution in [3.05, 3.63) is 51.8 Å². The van der Waals surface area contributed by atoms with Crippen molar-refractivity contribution in [1.29, 1.82) is 0 Å². The lowest BCUT2D eigenvalue weighted by Gasteiger charge is -2.06. The predicted molar refractivity (Wildman–Crippen MR) is 83.5 cm³/mol. The Hall–Kier alpha value is -2.41. The van der Waals surface area contributed by atoms with Gasteiger partial charge in [0.2, 0.25) is 5.95 Å². The molecule has 0 aromatic carbocycles. The highest BCUT2D eigenvalue weighted by Crippen LogP contribution is 2.16. The molecular weight excluding hydrogens is 286 g/mol. The molecule has 0 fully saturated rings. The number of rotatable bonds is 5. The molecule has 0 amide bonds. The number of nitrogens with zero attached hydrogens (tertiary/aromatic N) is 4. The number of anilines is 2. The molecular formula is C14H15N5OS. The number of hydrogen-bond acceptors (Lipinski definition) is 5. The van der Waals surface area contributed by atoms with E-state index in [1.807, 2.05) is 23.8 Å². The molecule has 7 heteroatoms. The third-order valence-corrected chi connectivity index (χ3v) is 3.65. The van der Waals surface area contributed by atoms with Crippen molar-refractivity contribution < 1.29 is 0 Å². The van der Waals surface area contributed by atoms with Crippen molar-refractivity contribution in [2.45, 2.75) is 19.9 Å². The summed E-state index contributed by atoms with van der Waals surface area (Å²) < 4.78 is 3.34. The van der Waals surface area contributed by atoms with Crippen molar-refractivity contribution in [1.82, 2.24) is 19.3 Å². The van der Waals surface area contributed by atoms with Crippen LogP contribution in [0.2, 0.25) is 0 Å². The van der Waals surface area contributed by atoms with Crippen LogP contribution in [-0.4, -0.2) is 19.3 Å². The summed E-state index contributed by atoms with van der Waals surface area (Å²) in [5.41, 5.74) is 1.78. The summed E-state index contributed by atoms with van der Waals surface area (Å²) in [4.78, 5) is 15.9. The molecule has 3 heterocycles. The third kappa shape index (κ3) is 3.03. The fourth-order valence-electron chi connectivity index (χ4n) is 1.98. The van der Waals surface area contributed by atoms with Crippen LogP contribution in [0.5, 0.6) is 0 Å². The smallest absolute Gasteiger partial charge is 0.250 e. The van der Waals surface area contributed by atoms with Crippen molar-refractivity contribution in [2.24, 2.45) is 0 Å². The Morgan fingerprint density at radius 3 is 3.00 bits per heavy atom. The zero-order valence-corrected chi connectivity index (χ0v) is 12.4. The predicted octanol–water partition coefficient (Wildman–Crippen LogP) is 2.64. The molecule has 108 valence electrons. The zero-order chi connectivity index (χ0) is 14.7. The quantitative estimate of drug-likeness (QED) is 0.787. The van der Waals surface area contributed by atoms with E-state index in [0.29, 0.717) is 12.5 Å². The fraction of sp³-hybridized carbons (Fsp3) is 0.214. The number of aryl methyl sites for hydroxylation is 1. The second kappa shape index (κ2) is 5.92. The SMILES string of the molecule is CCCn1cc(-n2cnc(Nc3ccsc3)n2)ccc1=O. The molecule has 6 nitrogen and oxygen atoms in total. The van der Waals surface area contributed by atoms with Gasteiger partial charge in [0, 0.05) is 24.2 Å². The summed E-state index contributed by atoms with van der Waals surface area (Å²) in [5.74, 6) is 0.529. The van der Waals surface area contributed by atoms with Crippen LogP contribution in [0.15, 0.2) is 46.3 Å². The van der Waals surface area contributed by atoms with E-state index < -0.39 is 0 Å². The van der Waals surface area contributed by atoms with Crippen molar-refractivity contribution in [3.63, 3.8) is 0 Å². The second-order valence-electron chi connectivity index (χ2n) is 4.57. The minimum atomic E-state index is -0.00247. The molecule has 0 atom stereocenters. The van der Waals surface area contributed by atoms with E-state index in [0.717, 1.165) is 17.8 Å². The Labute approximate surface area is 125 Å². The molecule has 0 radical (unpaired) electrons. The van der Waals surface area contributed by atoms with Gasteiger partial charge in [0.25, 0.3) is 5.56 Å². The highest BCUT2D eigenvalue weighted by Gasteiger charge is 2.05. The molecule has 21 heavy (non-hydrogen) atoms. The minimum Gasteiger partial charge on any atom is -0.322 e. The van der Waals surface area contributed by atoms with Gasteiger partial charge in [-0.1, -0.05) is 6.92 Å². The summed E-state index contributed by atoms with van der Waals surface area (Å²) in [5, 5.41) is 11.5. The molecule has 0 unspecified atom stereocenters. The van der Waals surface area contributed by atoms with Crippen LogP contribution in [0.1, 0.15) is 13.3 Å². The summed E-state index contributed by atoms with van der Waals surface area (Å²) in [6.07, 6.45) is 4.34. The minimum absolute atomic E-state index is 0.00247. The van der Waals surface area contributed by atoms with Gasteiger partial charge in [-0.2, -0.15) is 16.3 Å². The summed E-state index contributed by atoms with van der Waals surface area (Å²) in [6.45, 7) is 2.73. The standard InChI is InChI=1S/C14H15N5OS/c1-2-6-18-8-12(3-4-13(18)20)19-10-15-14(17-19)16-11-5-7-21-9-11/h3-5,7-10H,2,6H2,1H3,(H,16,17). The summed E-state index contributed by atoms with van der Waals surface area (Å²) in [6, 6.07) is 5.27. The Morgan fingerprint density at radius 1 is 1.33 bits per heavy atom. The lowest BCUT2D eigenvalue weighted by molar-refractivity contribution is 0.648. The van der Waals surface area contributed by atoms with E-state index in [2.05, 4.69) is 15.4 Å². The number of pyridine rings is 1. The van der Waals surface area contributed by atoms with Crippen LogP contribution >= 0.6 is 11.3 Å². The highest BCUT2D eigenvalue weighted by molar-refractivity contribution is 7.08. The molecule has 3 rings (SSSR count). The lowest BCUT2D eigenvalue weighted by Crippen LogP contribution is -2.19. The van der Waals surface area contributed by atoms with Gasteiger partial charge >= 0.3 is 0 Å². The van der Waals surface area contributed by atoms with Gasteiger partial charge in [-0.3, -0.25) is 4.79 Å². The Balaban J connectivity index is 1.85. The third-order valence-electron chi connectivity index (χ3n) is 2.97. The monoisotopic (exact) mass is 301 g/mol. The summed E-state index contributed by atoms with van der Waals surface area (Å²) >= 11 is 1.61. The van der Waals surface area contributed by atoms with Crippen molar-refractivity contribution in [2.75, 3.05) is 5.32 Å². The number of thiophene rings is 1. The average Bonchev–Trinajstić information content (AvgIpc) is 3.14. The normalized spacial score (nSPS) is 10.7. The first-order chi connectivity index (χ1) is 10.3. The molecule has 0 saturated heterocycles. The summed E-state index contributed by atoms with van der Waals surface area (Å²) in [7, 11) is 0. The van der Waals surface area contributed by atoms with Crippen LogP contribution in [0.25, 0.3) is 5.69 Å². The topological polar surface area (TPSA) is 64.7 Å². The number of hydrogen-bond donors (Lipinski definition) is 1. The van der Waals surface area contributed by atoms with Gasteiger partial charge in [-0.25, -0.2) is 4.68 Å². The van der Waals surface area contributed by atoms with Crippen LogP contribution in [-0.2, 0) is 6.54 Å². The highest BCUT2D eigenvalue weighted by atomic mass is 32.1. The second-order valence-corrected chi connectivity index (χ2v) is 5.35. The molecule has 1 N–H and O–H groups in total. The number of nitrogens with one attached hydrogen (secondary N) is 1. The molecule has 0 bridgehead atoms. The van der Waals surface area contributed by atoms with E-state index >= 15 is 0 Å². The number of aromatic nitrogens is 4. The lowest BCUT2D eigenvalue weighted by atomic mass is 10.4. The zero-order valence-electron chi connectivity index (χ0n) is 11.6. The van der Waals surface area contributed by atoms with Crippen LogP contribution < -0.4 is 10.9 Å². The van der Waals surface area contributed by atoms with E-state index in [1.165, 1.54) is 0 Å². The first-order valence-corrected chi connectivity index (χ1v) is 7.62. The maximum Gasteiger partial charge on any atom is 0.250 e. The van der Waals surface area contributed by atoms with Crippen molar-refractivity contribution in [3.8, 4) is 5.69 Å². The molecule has 0 aliphatic rings. The molecule has 3 aromatic rings. The molecule has 0 aliphatic carbocycles. The van der Waals surface area contributed by atoms with Gasteiger partial charge in [0.05, 0.1) is 11.4 Å². The molecule has 0 spiro atoms. The van der Waals surface area contributed by atoms with Gasteiger partial charge in [-0.05, 0) is 23.9 Å². The maximum absolute atomic E-state index is 11.7. The molecule has 0 aliphatic heterocycles. The molecule has 3 aromatic heterocycles. The van der Waals surface area contributed by atoms with E-state index in [9.17, 15) is 4.79 Å². The van der Waals surface area contributed by atoms with Gasteiger partial charge in [0.1, 0.15) is 6.33 Å². The van der Waals surface area contributed by atoms with E-state index in [1.54, 1.807) is 45.2 Å².